The summed E-state index contributed by atoms with van der Waals surface area (Å²) in [6.45, 7) is 4.07. The number of hydrogen-bond acceptors (Lipinski definition) is 5. The number of anilines is 1. The van der Waals surface area contributed by atoms with Crippen molar-refractivity contribution in [2.75, 3.05) is 24.5 Å². The second-order valence-electron chi connectivity index (χ2n) is 6.80. The quantitative estimate of drug-likeness (QED) is 0.785. The molecule has 0 aliphatic carbocycles. The van der Waals surface area contributed by atoms with Gasteiger partial charge in [-0.15, -0.1) is 0 Å². The molecule has 1 aliphatic rings. The van der Waals surface area contributed by atoms with Crippen LogP contribution in [0.5, 0.6) is 0 Å². The van der Waals surface area contributed by atoms with Crippen molar-refractivity contribution in [3.8, 4) is 0 Å². The number of piperidine rings is 1. The topological polar surface area (TPSA) is 87.2 Å². The summed E-state index contributed by atoms with van der Waals surface area (Å²) < 4.78 is 0. The molecule has 1 aromatic heterocycles. The van der Waals surface area contributed by atoms with Crippen molar-refractivity contribution in [3.63, 3.8) is 0 Å². The normalized spacial score (nSPS) is 15.8. The molecule has 7 heteroatoms. The maximum Gasteiger partial charge on any atom is 0.309 e. The first-order chi connectivity index (χ1) is 13.1. The van der Waals surface area contributed by atoms with Crippen LogP contribution >= 0.6 is 0 Å². The van der Waals surface area contributed by atoms with Crippen LogP contribution in [0.15, 0.2) is 48.8 Å². The fourth-order valence-corrected chi connectivity index (χ4v) is 3.20. The average molecular weight is 367 g/mol. The fourth-order valence-electron chi connectivity index (χ4n) is 3.20. The Kier molecular flexibility index (Phi) is 6.35. The molecule has 2 amide bonds. The zero-order valence-electron chi connectivity index (χ0n) is 15.5. The number of carbonyl (C=O) groups is 2. The summed E-state index contributed by atoms with van der Waals surface area (Å²) in [4.78, 5) is 34.9. The van der Waals surface area contributed by atoms with Crippen molar-refractivity contribution in [2.45, 2.75) is 25.8 Å². The highest BCUT2D eigenvalue weighted by Gasteiger charge is 2.23. The van der Waals surface area contributed by atoms with E-state index in [2.05, 4.69) is 25.5 Å². The third-order valence-electron chi connectivity index (χ3n) is 4.85. The van der Waals surface area contributed by atoms with Crippen molar-refractivity contribution in [2.24, 2.45) is 5.92 Å². The van der Waals surface area contributed by atoms with E-state index in [9.17, 15) is 9.59 Å². The molecule has 3 rings (SSSR count). The van der Waals surface area contributed by atoms with E-state index < -0.39 is 11.8 Å². The molecular weight excluding hydrogens is 342 g/mol. The minimum Gasteiger partial charge on any atom is -0.348 e. The summed E-state index contributed by atoms with van der Waals surface area (Å²) in [6, 6.07) is 11.2. The SMILES string of the molecule is CC(NC(=O)C(=O)NCC1CCN(c2ncccn2)CC1)c1ccccc1. The zero-order valence-corrected chi connectivity index (χ0v) is 15.5. The molecule has 142 valence electrons. The maximum atomic E-state index is 12.1. The van der Waals surface area contributed by atoms with Gasteiger partial charge in [-0.25, -0.2) is 9.97 Å². The largest absolute Gasteiger partial charge is 0.348 e. The molecule has 1 aromatic carbocycles. The highest BCUT2D eigenvalue weighted by atomic mass is 16.2. The van der Waals surface area contributed by atoms with Gasteiger partial charge in [0.1, 0.15) is 0 Å². The van der Waals surface area contributed by atoms with Gasteiger partial charge in [0.2, 0.25) is 5.95 Å². The molecule has 1 aliphatic heterocycles. The van der Waals surface area contributed by atoms with Gasteiger partial charge in [0.15, 0.2) is 0 Å². The van der Waals surface area contributed by atoms with E-state index in [-0.39, 0.29) is 6.04 Å². The summed E-state index contributed by atoms with van der Waals surface area (Å²) >= 11 is 0. The van der Waals surface area contributed by atoms with E-state index in [0.717, 1.165) is 37.4 Å². The number of benzene rings is 1. The van der Waals surface area contributed by atoms with Gasteiger partial charge in [-0.3, -0.25) is 9.59 Å². The van der Waals surface area contributed by atoms with Crippen LogP contribution in [-0.4, -0.2) is 41.4 Å². The van der Waals surface area contributed by atoms with Crippen LogP contribution in [-0.2, 0) is 9.59 Å². The fraction of sp³-hybridized carbons (Fsp3) is 0.400. The Labute approximate surface area is 159 Å². The lowest BCUT2D eigenvalue weighted by atomic mass is 9.97. The second-order valence-corrected chi connectivity index (χ2v) is 6.80. The van der Waals surface area contributed by atoms with E-state index in [1.165, 1.54) is 0 Å². The number of aromatic nitrogens is 2. The van der Waals surface area contributed by atoms with Crippen LogP contribution in [0.1, 0.15) is 31.4 Å². The number of hydrogen-bond donors (Lipinski definition) is 2. The molecule has 2 aromatic rings. The first-order valence-electron chi connectivity index (χ1n) is 9.29. The molecule has 7 nitrogen and oxygen atoms in total. The molecule has 2 heterocycles. The van der Waals surface area contributed by atoms with Gasteiger partial charge in [-0.1, -0.05) is 30.3 Å². The summed E-state index contributed by atoms with van der Waals surface area (Å²) in [5.74, 6) is -0.0735. The molecule has 1 saturated heterocycles. The molecule has 27 heavy (non-hydrogen) atoms. The van der Waals surface area contributed by atoms with Crippen LogP contribution in [0, 0.1) is 5.92 Å². The van der Waals surface area contributed by atoms with E-state index in [4.69, 9.17) is 0 Å². The molecule has 2 N–H and O–H groups in total. The van der Waals surface area contributed by atoms with Crippen molar-refractivity contribution in [1.82, 2.24) is 20.6 Å². The van der Waals surface area contributed by atoms with E-state index >= 15 is 0 Å². The van der Waals surface area contributed by atoms with Gasteiger partial charge < -0.3 is 15.5 Å². The number of carbonyl (C=O) groups excluding carboxylic acids is 2. The molecule has 0 radical (unpaired) electrons. The van der Waals surface area contributed by atoms with Crippen molar-refractivity contribution in [1.29, 1.82) is 0 Å². The van der Waals surface area contributed by atoms with Gasteiger partial charge in [-0.2, -0.15) is 0 Å². The zero-order chi connectivity index (χ0) is 19.1. The van der Waals surface area contributed by atoms with Gasteiger partial charge in [0.05, 0.1) is 6.04 Å². The summed E-state index contributed by atoms with van der Waals surface area (Å²) in [5.41, 5.74) is 0.967. The minimum atomic E-state index is -0.596. The molecule has 1 unspecified atom stereocenters. The molecule has 0 bridgehead atoms. The lowest BCUT2D eigenvalue weighted by Gasteiger charge is -2.31. The number of rotatable bonds is 5. The van der Waals surface area contributed by atoms with E-state index in [1.807, 2.05) is 37.3 Å². The summed E-state index contributed by atoms with van der Waals surface area (Å²) in [5, 5.41) is 5.50. The van der Waals surface area contributed by atoms with Crippen LogP contribution < -0.4 is 15.5 Å². The Bertz CT molecular complexity index is 745. The molecule has 0 spiro atoms. The summed E-state index contributed by atoms with van der Waals surface area (Å²) in [7, 11) is 0. The van der Waals surface area contributed by atoms with Crippen LogP contribution in [0.25, 0.3) is 0 Å². The molecular formula is C20H25N5O2. The Balaban J connectivity index is 1.40. The average Bonchev–Trinajstić information content (AvgIpc) is 2.73. The third kappa shape index (κ3) is 5.26. The highest BCUT2D eigenvalue weighted by molar-refractivity contribution is 6.35. The van der Waals surface area contributed by atoms with Crippen molar-refractivity contribution in [3.05, 3.63) is 54.4 Å². The van der Waals surface area contributed by atoms with E-state index in [1.54, 1.807) is 18.5 Å². The van der Waals surface area contributed by atoms with Crippen LogP contribution in [0.2, 0.25) is 0 Å². The molecule has 0 saturated carbocycles. The number of nitrogens with zero attached hydrogens (tertiary/aromatic N) is 3. The maximum absolute atomic E-state index is 12.1. The smallest absolute Gasteiger partial charge is 0.309 e. The molecule has 1 fully saturated rings. The minimum absolute atomic E-state index is 0.210. The van der Waals surface area contributed by atoms with Gasteiger partial charge >= 0.3 is 11.8 Å². The van der Waals surface area contributed by atoms with Gasteiger partial charge in [0, 0.05) is 32.0 Å². The predicted molar refractivity (Wildman–Crippen MR) is 103 cm³/mol. The Hall–Kier alpha value is -2.96. The number of amides is 2. The van der Waals surface area contributed by atoms with E-state index in [0.29, 0.717) is 12.5 Å². The van der Waals surface area contributed by atoms with Crippen molar-refractivity contribution < 1.29 is 9.59 Å². The lowest BCUT2D eigenvalue weighted by Crippen LogP contribution is -2.44. The van der Waals surface area contributed by atoms with Gasteiger partial charge in [0.25, 0.3) is 0 Å². The van der Waals surface area contributed by atoms with Crippen LogP contribution in [0.4, 0.5) is 5.95 Å². The van der Waals surface area contributed by atoms with Crippen molar-refractivity contribution >= 4 is 17.8 Å². The molecule has 1 atom stereocenters. The first-order valence-corrected chi connectivity index (χ1v) is 9.29. The Morgan fingerprint density at radius 2 is 1.74 bits per heavy atom. The lowest BCUT2D eigenvalue weighted by molar-refractivity contribution is -0.139. The predicted octanol–water partition coefficient (Wildman–Crippen LogP) is 1.69. The Morgan fingerprint density at radius 3 is 2.41 bits per heavy atom. The second kappa shape index (κ2) is 9.12. The monoisotopic (exact) mass is 367 g/mol. The van der Waals surface area contributed by atoms with Gasteiger partial charge in [-0.05, 0) is 37.3 Å². The van der Waals surface area contributed by atoms with Crippen LogP contribution in [0.3, 0.4) is 0 Å². The highest BCUT2D eigenvalue weighted by Crippen LogP contribution is 2.19. The Morgan fingerprint density at radius 1 is 1.07 bits per heavy atom. The first kappa shape index (κ1) is 18.8. The number of nitrogens with one attached hydrogen (secondary N) is 2. The third-order valence-corrected chi connectivity index (χ3v) is 4.85. The standard InChI is InChI=1S/C20H25N5O2/c1-15(17-6-3-2-4-7-17)24-19(27)18(26)23-14-16-8-12-25(13-9-16)20-21-10-5-11-22-20/h2-7,10-11,15-16H,8-9,12-14H2,1H3,(H,23,26)(H,24,27). The summed E-state index contributed by atoms with van der Waals surface area (Å²) in [6.07, 6.45) is 5.34.